The third kappa shape index (κ3) is 0.869. The number of hydrogen-bond acceptors (Lipinski definition) is 3. The first-order chi connectivity index (χ1) is 3.83. The zero-order valence-corrected chi connectivity index (χ0v) is 4.46. The molecule has 3 heteroatoms. The third-order valence-corrected chi connectivity index (χ3v) is 0.773. The molecule has 0 aromatic carbocycles. The number of aryl methyl sites for hydroxylation is 1. The molecular weight excluding hydrogens is 106 g/mol. The maximum absolute atomic E-state index is 8.29. The molecule has 1 aromatic rings. The summed E-state index contributed by atoms with van der Waals surface area (Å²) >= 11 is 0. The fourth-order valence-corrected chi connectivity index (χ4v) is 0.444. The van der Waals surface area contributed by atoms with E-state index in [2.05, 4.69) is 9.68 Å². The molecule has 43 valence electrons. The van der Waals surface area contributed by atoms with Crippen LogP contribution in [0.2, 0.25) is 0 Å². The van der Waals surface area contributed by atoms with Crippen molar-refractivity contribution in [1.82, 2.24) is 5.16 Å². The Hall–Kier alpha value is -0.830. The van der Waals surface area contributed by atoms with Gasteiger partial charge in [0.25, 0.3) is 0 Å². The lowest BCUT2D eigenvalue weighted by atomic mass is 10.4. The van der Waals surface area contributed by atoms with Crippen LogP contribution < -0.4 is 0 Å². The smallest absolute Gasteiger partial charge is 0.168 e. The van der Waals surface area contributed by atoms with Crippen molar-refractivity contribution in [2.75, 3.05) is 0 Å². The van der Waals surface area contributed by atoms with Crippen molar-refractivity contribution in [3.63, 3.8) is 0 Å². The van der Waals surface area contributed by atoms with Gasteiger partial charge in [-0.05, 0) is 6.92 Å². The molecule has 0 aliphatic rings. The van der Waals surface area contributed by atoms with Gasteiger partial charge in [0.1, 0.15) is 6.61 Å². The highest BCUT2D eigenvalue weighted by Gasteiger charge is 1.95. The first kappa shape index (κ1) is 5.31. The maximum atomic E-state index is 8.29. The van der Waals surface area contributed by atoms with Crippen LogP contribution in [-0.4, -0.2) is 10.3 Å². The van der Waals surface area contributed by atoms with Crippen molar-refractivity contribution in [2.45, 2.75) is 6.92 Å². The number of rotatable bonds is 1. The van der Waals surface area contributed by atoms with E-state index in [1.54, 1.807) is 13.0 Å². The molecule has 1 radical (unpaired) electrons. The molecule has 0 unspecified atom stereocenters. The monoisotopic (exact) mass is 112 g/mol. The van der Waals surface area contributed by atoms with Crippen molar-refractivity contribution in [2.24, 2.45) is 0 Å². The highest BCUT2D eigenvalue weighted by molar-refractivity contribution is 5.07. The molecular formula is C5H6NO2. The van der Waals surface area contributed by atoms with Crippen molar-refractivity contribution < 1.29 is 9.63 Å². The molecule has 0 spiro atoms. The largest absolute Gasteiger partial charge is 0.382 e. The standard InChI is InChI=1S/C5H6NO2/c1-4-2-5(3-7)8-6-4/h2-3,7H,1H3. The van der Waals surface area contributed by atoms with Gasteiger partial charge >= 0.3 is 0 Å². The predicted molar refractivity (Wildman–Crippen MR) is 26.6 cm³/mol. The Morgan fingerprint density at radius 3 is 2.88 bits per heavy atom. The van der Waals surface area contributed by atoms with Gasteiger partial charge in [-0.3, -0.25) is 0 Å². The van der Waals surface area contributed by atoms with Crippen LogP contribution in [0.1, 0.15) is 11.5 Å². The van der Waals surface area contributed by atoms with E-state index >= 15 is 0 Å². The molecule has 8 heavy (non-hydrogen) atoms. The first-order valence-corrected chi connectivity index (χ1v) is 2.23. The van der Waals surface area contributed by atoms with Gasteiger partial charge in [-0.15, -0.1) is 0 Å². The van der Waals surface area contributed by atoms with Crippen LogP contribution in [0.15, 0.2) is 10.6 Å². The van der Waals surface area contributed by atoms with Gasteiger partial charge < -0.3 is 9.63 Å². The van der Waals surface area contributed by atoms with Crippen molar-refractivity contribution in [3.05, 3.63) is 24.1 Å². The van der Waals surface area contributed by atoms with Crippen LogP contribution >= 0.6 is 0 Å². The molecule has 0 aliphatic heterocycles. The average Bonchev–Trinajstić information content (AvgIpc) is 2.14. The van der Waals surface area contributed by atoms with Crippen LogP contribution in [0, 0.1) is 13.5 Å². The highest BCUT2D eigenvalue weighted by Crippen LogP contribution is 2.01. The van der Waals surface area contributed by atoms with Crippen molar-refractivity contribution >= 4 is 0 Å². The Bertz CT molecular complexity index is 171. The molecule has 0 fully saturated rings. The number of hydrogen-bond donors (Lipinski definition) is 1. The van der Waals surface area contributed by atoms with Crippen LogP contribution in [0.25, 0.3) is 0 Å². The third-order valence-electron chi connectivity index (χ3n) is 0.773. The molecule has 1 aromatic heterocycles. The lowest BCUT2D eigenvalue weighted by Crippen LogP contribution is -1.69. The van der Waals surface area contributed by atoms with Gasteiger partial charge in [0.15, 0.2) is 5.76 Å². The molecule has 0 saturated heterocycles. The van der Waals surface area contributed by atoms with E-state index < -0.39 is 0 Å². The molecule has 1 rings (SSSR count). The van der Waals surface area contributed by atoms with Gasteiger partial charge in [-0.25, -0.2) is 0 Å². The average molecular weight is 112 g/mol. The fraction of sp³-hybridized carbons (Fsp3) is 0.200. The Labute approximate surface area is 46.9 Å². The molecule has 1 heterocycles. The zero-order valence-electron chi connectivity index (χ0n) is 4.46. The minimum absolute atomic E-state index is 0.391. The Kier molecular flexibility index (Phi) is 1.30. The van der Waals surface area contributed by atoms with Gasteiger partial charge in [-0.1, -0.05) is 5.16 Å². The second-order valence-corrected chi connectivity index (χ2v) is 1.50. The first-order valence-electron chi connectivity index (χ1n) is 2.23. The summed E-state index contributed by atoms with van der Waals surface area (Å²) < 4.78 is 4.56. The van der Waals surface area contributed by atoms with Gasteiger partial charge in [0, 0.05) is 6.07 Å². The van der Waals surface area contributed by atoms with E-state index in [-0.39, 0.29) is 0 Å². The molecule has 0 atom stereocenters. The normalized spacial score (nSPS) is 9.75. The molecule has 0 bridgehead atoms. The predicted octanol–water partition coefficient (Wildman–Crippen LogP) is 0.865. The fourth-order valence-electron chi connectivity index (χ4n) is 0.444. The lowest BCUT2D eigenvalue weighted by Gasteiger charge is -1.75. The summed E-state index contributed by atoms with van der Waals surface area (Å²) in [6, 6.07) is 1.64. The maximum Gasteiger partial charge on any atom is 0.168 e. The van der Waals surface area contributed by atoms with Gasteiger partial charge in [-0.2, -0.15) is 0 Å². The summed E-state index contributed by atoms with van der Waals surface area (Å²) in [5, 5.41) is 11.8. The molecule has 0 amide bonds. The quantitative estimate of drug-likeness (QED) is 0.586. The van der Waals surface area contributed by atoms with Crippen LogP contribution in [0.5, 0.6) is 0 Å². The van der Waals surface area contributed by atoms with Crippen molar-refractivity contribution in [1.29, 1.82) is 0 Å². The number of aliphatic hydroxyl groups is 1. The summed E-state index contributed by atoms with van der Waals surface area (Å²) in [4.78, 5) is 0. The van der Waals surface area contributed by atoms with Crippen LogP contribution in [-0.2, 0) is 0 Å². The van der Waals surface area contributed by atoms with E-state index in [9.17, 15) is 0 Å². The summed E-state index contributed by atoms with van der Waals surface area (Å²) in [5.41, 5.74) is 0.769. The topological polar surface area (TPSA) is 46.3 Å². The lowest BCUT2D eigenvalue weighted by molar-refractivity contribution is 0.330. The van der Waals surface area contributed by atoms with E-state index in [4.69, 9.17) is 5.11 Å². The molecule has 1 N–H and O–H groups in total. The minimum atomic E-state index is 0.391. The molecule has 0 aliphatic carbocycles. The molecule has 0 saturated carbocycles. The van der Waals surface area contributed by atoms with Crippen molar-refractivity contribution in [3.8, 4) is 0 Å². The van der Waals surface area contributed by atoms with E-state index in [1.807, 2.05) is 0 Å². The summed E-state index contributed by atoms with van der Waals surface area (Å²) in [7, 11) is 0. The van der Waals surface area contributed by atoms with E-state index in [0.717, 1.165) is 12.3 Å². The number of aromatic nitrogens is 1. The second-order valence-electron chi connectivity index (χ2n) is 1.50. The summed E-state index contributed by atoms with van der Waals surface area (Å²) in [6.07, 6.45) is 0. The van der Waals surface area contributed by atoms with E-state index in [0.29, 0.717) is 5.76 Å². The second kappa shape index (κ2) is 1.96. The Balaban J connectivity index is 2.84. The Morgan fingerprint density at radius 1 is 1.88 bits per heavy atom. The number of nitrogens with zero attached hydrogens (tertiary/aromatic N) is 1. The van der Waals surface area contributed by atoms with Gasteiger partial charge in [0.2, 0.25) is 0 Å². The van der Waals surface area contributed by atoms with E-state index in [1.165, 1.54) is 0 Å². The van der Waals surface area contributed by atoms with Gasteiger partial charge in [0.05, 0.1) is 5.69 Å². The summed E-state index contributed by atoms with van der Waals surface area (Å²) in [5.74, 6) is 0.391. The SMILES string of the molecule is Cc1cc([CH]O)on1. The molecule has 3 nitrogen and oxygen atoms in total. The number of aliphatic hydroxyl groups excluding tert-OH is 1. The Morgan fingerprint density at radius 2 is 2.62 bits per heavy atom. The minimum Gasteiger partial charge on any atom is -0.382 e. The highest BCUT2D eigenvalue weighted by atomic mass is 16.5. The summed E-state index contributed by atoms with van der Waals surface area (Å²) in [6.45, 7) is 2.66. The van der Waals surface area contributed by atoms with Crippen LogP contribution in [0.3, 0.4) is 0 Å². The van der Waals surface area contributed by atoms with Crippen LogP contribution in [0.4, 0.5) is 0 Å². The zero-order chi connectivity index (χ0) is 5.98.